The monoisotopic (exact) mass is 229 g/mol. The van der Waals surface area contributed by atoms with Gasteiger partial charge >= 0.3 is 0 Å². The number of fused-ring (bicyclic) bond motifs is 1. The van der Waals surface area contributed by atoms with Crippen LogP contribution in [0.15, 0.2) is 23.2 Å². The van der Waals surface area contributed by atoms with Gasteiger partial charge < -0.3 is 0 Å². The van der Waals surface area contributed by atoms with E-state index in [4.69, 9.17) is 0 Å². The van der Waals surface area contributed by atoms with Crippen LogP contribution in [0.2, 0.25) is 0 Å². The number of hydrogen-bond acceptors (Lipinski definition) is 2. The highest BCUT2D eigenvalue weighted by atomic mass is 16.1. The van der Waals surface area contributed by atoms with E-state index in [-0.39, 0.29) is 10.8 Å². The first-order valence-electron chi connectivity index (χ1n) is 6.10. The lowest BCUT2D eigenvalue weighted by atomic mass is 9.63. The molecule has 0 N–H and O–H groups in total. The molecule has 2 nitrogen and oxygen atoms in total. The minimum Gasteiger partial charge on any atom is -0.211 e. The summed E-state index contributed by atoms with van der Waals surface area (Å²) in [5.41, 5.74) is 3.58. The van der Waals surface area contributed by atoms with Crippen molar-refractivity contribution in [3.8, 4) is 0 Å². The van der Waals surface area contributed by atoms with Crippen LogP contribution < -0.4 is 0 Å². The Morgan fingerprint density at radius 3 is 2.41 bits per heavy atom. The molecule has 2 heteroatoms. The lowest BCUT2D eigenvalue weighted by molar-refractivity contribution is 0.332. The summed E-state index contributed by atoms with van der Waals surface area (Å²) in [6.07, 6.45) is 3.97. The molecule has 0 saturated heterocycles. The number of isocyanates is 1. The minimum absolute atomic E-state index is 0.0851. The quantitative estimate of drug-likeness (QED) is 0.528. The molecule has 1 aromatic carbocycles. The van der Waals surface area contributed by atoms with Gasteiger partial charge in [0.25, 0.3) is 0 Å². The Bertz CT molecular complexity index is 494. The largest absolute Gasteiger partial charge is 0.240 e. The first-order valence-corrected chi connectivity index (χ1v) is 6.10. The second-order valence-electron chi connectivity index (χ2n) is 6.17. The molecule has 17 heavy (non-hydrogen) atoms. The molecule has 0 unspecified atom stereocenters. The van der Waals surface area contributed by atoms with Gasteiger partial charge in [0.15, 0.2) is 0 Å². The average Bonchev–Trinajstić information content (AvgIpc) is 2.25. The predicted octanol–water partition coefficient (Wildman–Crippen LogP) is 4.00. The molecule has 0 amide bonds. The van der Waals surface area contributed by atoms with Crippen molar-refractivity contribution < 1.29 is 4.79 Å². The zero-order valence-electron chi connectivity index (χ0n) is 11.0. The van der Waals surface area contributed by atoms with Gasteiger partial charge in [0, 0.05) is 0 Å². The Morgan fingerprint density at radius 2 is 1.76 bits per heavy atom. The number of carbonyl (C=O) groups excluding carboxylic acids is 1. The van der Waals surface area contributed by atoms with E-state index < -0.39 is 0 Å². The lowest BCUT2D eigenvalue weighted by Gasteiger charge is -2.42. The predicted molar refractivity (Wildman–Crippen MR) is 69.5 cm³/mol. The zero-order chi connectivity index (χ0) is 12.7. The molecule has 0 spiro atoms. The molecule has 1 aromatic rings. The van der Waals surface area contributed by atoms with Crippen molar-refractivity contribution in [2.75, 3.05) is 0 Å². The molecule has 90 valence electrons. The van der Waals surface area contributed by atoms with Gasteiger partial charge in [-0.1, -0.05) is 39.8 Å². The summed E-state index contributed by atoms with van der Waals surface area (Å²) in [6, 6.07) is 6.06. The number of nitrogens with zero attached hydrogens (tertiary/aromatic N) is 1. The molecule has 0 saturated carbocycles. The van der Waals surface area contributed by atoms with Crippen LogP contribution >= 0.6 is 0 Å². The summed E-state index contributed by atoms with van der Waals surface area (Å²) in [4.78, 5) is 14.4. The van der Waals surface area contributed by atoms with E-state index in [0.717, 1.165) is 12.1 Å². The molecule has 0 radical (unpaired) electrons. The summed E-state index contributed by atoms with van der Waals surface area (Å²) >= 11 is 0. The molecule has 0 atom stereocenters. The Balaban J connectivity index is 2.75. The van der Waals surface area contributed by atoms with Crippen LogP contribution in [0.25, 0.3) is 0 Å². The SMILES string of the molecule is CC1(C)CCC(C)(C)c2c(N=C=O)cccc21. The molecule has 1 aliphatic rings. The highest BCUT2D eigenvalue weighted by molar-refractivity contribution is 5.61. The third-order valence-electron chi connectivity index (χ3n) is 3.99. The van der Waals surface area contributed by atoms with Gasteiger partial charge in [-0.05, 0) is 40.9 Å². The maximum absolute atomic E-state index is 10.5. The average molecular weight is 229 g/mol. The second-order valence-corrected chi connectivity index (χ2v) is 6.17. The van der Waals surface area contributed by atoms with Crippen LogP contribution in [0.4, 0.5) is 5.69 Å². The summed E-state index contributed by atoms with van der Waals surface area (Å²) < 4.78 is 0. The van der Waals surface area contributed by atoms with Gasteiger partial charge in [-0.25, -0.2) is 4.79 Å². The fraction of sp³-hybridized carbons (Fsp3) is 0.533. The normalized spacial score (nSPS) is 20.2. The molecule has 2 rings (SSSR count). The van der Waals surface area contributed by atoms with Crippen LogP contribution in [-0.2, 0) is 15.6 Å². The van der Waals surface area contributed by atoms with Crippen molar-refractivity contribution in [1.29, 1.82) is 0 Å². The molecule has 1 aliphatic carbocycles. The van der Waals surface area contributed by atoms with Crippen LogP contribution in [0.3, 0.4) is 0 Å². The van der Waals surface area contributed by atoms with Crippen molar-refractivity contribution >= 4 is 11.8 Å². The first-order chi connectivity index (χ1) is 7.88. The van der Waals surface area contributed by atoms with Gasteiger partial charge in [0.05, 0.1) is 5.69 Å². The highest BCUT2D eigenvalue weighted by Crippen LogP contribution is 2.48. The smallest absolute Gasteiger partial charge is 0.211 e. The maximum atomic E-state index is 10.5. The zero-order valence-corrected chi connectivity index (χ0v) is 11.0. The number of hydrogen-bond donors (Lipinski definition) is 0. The molecule has 0 bridgehead atoms. The molecule has 0 aliphatic heterocycles. The third-order valence-corrected chi connectivity index (χ3v) is 3.99. The van der Waals surface area contributed by atoms with E-state index >= 15 is 0 Å². The third kappa shape index (κ3) is 1.94. The molecule has 0 heterocycles. The van der Waals surface area contributed by atoms with E-state index in [2.05, 4.69) is 38.8 Å². The first kappa shape index (κ1) is 12.1. The van der Waals surface area contributed by atoms with Crippen molar-refractivity contribution in [2.24, 2.45) is 4.99 Å². The molecular weight excluding hydrogens is 210 g/mol. The molecular formula is C15H19NO. The summed E-state index contributed by atoms with van der Waals surface area (Å²) in [5, 5.41) is 0. The van der Waals surface area contributed by atoms with Crippen molar-refractivity contribution in [3.05, 3.63) is 29.3 Å². The lowest BCUT2D eigenvalue weighted by Crippen LogP contribution is -2.33. The van der Waals surface area contributed by atoms with E-state index in [9.17, 15) is 4.79 Å². The van der Waals surface area contributed by atoms with E-state index in [1.54, 1.807) is 6.08 Å². The minimum atomic E-state index is 0.0851. The fourth-order valence-corrected chi connectivity index (χ4v) is 2.84. The van der Waals surface area contributed by atoms with E-state index in [0.29, 0.717) is 0 Å². The van der Waals surface area contributed by atoms with Crippen molar-refractivity contribution in [1.82, 2.24) is 0 Å². The van der Waals surface area contributed by atoms with E-state index in [1.807, 2.05) is 12.1 Å². The standard InChI is InChI=1S/C15H19NO/c1-14(2)8-9-15(3,4)13-11(14)6-5-7-12(13)16-10-17/h5-7H,8-9H2,1-4H3. The number of rotatable bonds is 1. The number of benzene rings is 1. The van der Waals surface area contributed by atoms with Crippen LogP contribution in [0.1, 0.15) is 51.7 Å². The molecule has 0 fully saturated rings. The van der Waals surface area contributed by atoms with E-state index in [1.165, 1.54) is 17.5 Å². The van der Waals surface area contributed by atoms with Gasteiger partial charge in [-0.15, -0.1) is 0 Å². The molecule has 0 aromatic heterocycles. The topological polar surface area (TPSA) is 29.4 Å². The fourth-order valence-electron chi connectivity index (χ4n) is 2.84. The second kappa shape index (κ2) is 3.82. The van der Waals surface area contributed by atoms with Crippen molar-refractivity contribution in [2.45, 2.75) is 51.4 Å². The Morgan fingerprint density at radius 1 is 1.12 bits per heavy atom. The Kier molecular flexibility index (Phi) is 2.71. The summed E-state index contributed by atoms with van der Waals surface area (Å²) in [6.45, 7) is 8.97. The van der Waals surface area contributed by atoms with Gasteiger partial charge in [-0.2, -0.15) is 4.99 Å². The van der Waals surface area contributed by atoms with Gasteiger partial charge in [0.2, 0.25) is 6.08 Å². The van der Waals surface area contributed by atoms with Crippen LogP contribution in [0.5, 0.6) is 0 Å². The summed E-state index contributed by atoms with van der Waals surface area (Å²) in [7, 11) is 0. The Labute approximate surface area is 103 Å². The van der Waals surface area contributed by atoms with Gasteiger partial charge in [-0.3, -0.25) is 0 Å². The van der Waals surface area contributed by atoms with Gasteiger partial charge in [0.1, 0.15) is 0 Å². The maximum Gasteiger partial charge on any atom is 0.240 e. The van der Waals surface area contributed by atoms with Crippen molar-refractivity contribution in [3.63, 3.8) is 0 Å². The summed E-state index contributed by atoms with van der Waals surface area (Å²) in [5.74, 6) is 0. The Hall–Kier alpha value is -1.40. The van der Waals surface area contributed by atoms with Crippen LogP contribution in [0, 0.1) is 0 Å². The highest BCUT2D eigenvalue weighted by Gasteiger charge is 2.38. The number of aliphatic imine (C=N–C) groups is 1. The van der Waals surface area contributed by atoms with Crippen LogP contribution in [-0.4, -0.2) is 6.08 Å².